The number of aryl methyl sites for hydroxylation is 1. The number of esters is 1. The van der Waals surface area contributed by atoms with Crippen LogP contribution in [0.3, 0.4) is 0 Å². The second-order valence-electron chi connectivity index (χ2n) is 11.3. The molecule has 3 heterocycles. The molecule has 0 fully saturated rings. The summed E-state index contributed by atoms with van der Waals surface area (Å²) in [5, 5.41) is 9.60. The number of nitrogens with one attached hydrogen (secondary N) is 1. The van der Waals surface area contributed by atoms with Gasteiger partial charge in [-0.25, -0.2) is 14.8 Å². The molecule has 4 aromatic carbocycles. The zero-order chi connectivity index (χ0) is 33.1. The molecular weight excluding hydrogens is 617 g/mol. The Labute approximate surface area is 283 Å². The van der Waals surface area contributed by atoms with Gasteiger partial charge in [-0.1, -0.05) is 97.9 Å². The molecule has 0 radical (unpaired) electrons. The monoisotopic (exact) mass is 650 g/mol. The Bertz CT molecular complexity index is 2100. The first-order valence-corrected chi connectivity index (χ1v) is 16.9. The van der Waals surface area contributed by atoms with Crippen LogP contribution >= 0.6 is 11.8 Å². The van der Waals surface area contributed by atoms with E-state index in [0.29, 0.717) is 23.4 Å². The zero-order valence-electron chi connectivity index (χ0n) is 26.9. The average molecular weight is 651 g/mol. The summed E-state index contributed by atoms with van der Waals surface area (Å²) in [5.41, 5.74) is 7.32. The van der Waals surface area contributed by atoms with E-state index in [1.165, 1.54) is 7.11 Å². The number of thioether (sulfide) groups is 1. The van der Waals surface area contributed by atoms with Crippen LogP contribution in [0.15, 0.2) is 139 Å². The summed E-state index contributed by atoms with van der Waals surface area (Å²) in [6, 6.07) is 37.2. The summed E-state index contributed by atoms with van der Waals surface area (Å²) in [6.45, 7) is 2.01. The largest absolute Gasteiger partial charge is 0.465 e. The van der Waals surface area contributed by atoms with Crippen LogP contribution in [-0.4, -0.2) is 43.5 Å². The van der Waals surface area contributed by atoms with Gasteiger partial charge in [0, 0.05) is 24.3 Å². The smallest absolute Gasteiger partial charge is 0.338 e. The first-order chi connectivity index (χ1) is 23.6. The number of benzene rings is 4. The minimum atomic E-state index is -0.741. The second-order valence-corrected chi connectivity index (χ2v) is 12.1. The number of carbonyl (C=O) groups is 1. The topological polar surface area (TPSA) is 86.3 Å². The molecule has 0 aliphatic heterocycles. The number of rotatable bonds is 10. The van der Waals surface area contributed by atoms with Crippen LogP contribution < -0.4 is 5.32 Å². The summed E-state index contributed by atoms with van der Waals surface area (Å²) < 4.78 is 9.10. The van der Waals surface area contributed by atoms with Gasteiger partial charge in [-0.15, -0.1) is 11.8 Å². The van der Waals surface area contributed by atoms with E-state index in [9.17, 15) is 4.79 Å². The van der Waals surface area contributed by atoms with Crippen molar-refractivity contribution in [3.8, 4) is 11.3 Å². The quantitative estimate of drug-likeness (QED) is 0.0906. The maximum absolute atomic E-state index is 12.3. The number of imidazole rings is 1. The van der Waals surface area contributed by atoms with Crippen LogP contribution in [0, 0.1) is 0 Å². The van der Waals surface area contributed by atoms with E-state index >= 15 is 0 Å². The van der Waals surface area contributed by atoms with Crippen LogP contribution in [0.4, 0.5) is 11.5 Å². The molecule has 0 saturated carbocycles. The fourth-order valence-electron chi connectivity index (χ4n) is 6.41. The summed E-state index contributed by atoms with van der Waals surface area (Å²) in [6.07, 6.45) is 10.4. The molecule has 0 spiro atoms. The lowest BCUT2D eigenvalue weighted by atomic mass is 9.77. The maximum atomic E-state index is 12.3. The predicted octanol–water partition coefficient (Wildman–Crippen LogP) is 8.25. The molecule has 0 bridgehead atoms. The third-order valence-corrected chi connectivity index (χ3v) is 9.34. The lowest BCUT2D eigenvalue weighted by Crippen LogP contribution is -2.38. The fourth-order valence-corrected chi connectivity index (χ4v) is 6.95. The van der Waals surface area contributed by atoms with Crippen molar-refractivity contribution in [1.29, 1.82) is 0 Å². The van der Waals surface area contributed by atoms with Crippen LogP contribution in [0.25, 0.3) is 16.9 Å². The minimum absolute atomic E-state index is 0.350. The van der Waals surface area contributed by atoms with E-state index in [2.05, 4.69) is 94.0 Å². The Hall–Kier alpha value is -5.67. The van der Waals surface area contributed by atoms with Gasteiger partial charge in [0.2, 0.25) is 0 Å². The van der Waals surface area contributed by atoms with Crippen molar-refractivity contribution < 1.29 is 9.53 Å². The zero-order valence-corrected chi connectivity index (χ0v) is 27.7. The van der Waals surface area contributed by atoms with Crippen molar-refractivity contribution in [2.45, 2.75) is 23.9 Å². The molecule has 48 heavy (non-hydrogen) atoms. The van der Waals surface area contributed by atoms with Crippen LogP contribution in [-0.2, 0) is 16.7 Å². The molecule has 0 aliphatic rings. The highest BCUT2D eigenvalue weighted by Gasteiger charge is 2.40. The standard InChI is InChI=1S/C39H34N6O2S/c1-4-27-24-31(20-21-32(27)38(46)47-2)42-35-36-41-25-34(44(36)23-22-40-35)33-26-45(43-37(33)48-3)39(28-14-8-5-9-15-28,29-16-10-6-11-17-29)30-18-12-7-13-19-30/h5-26H,4H2,1-3H3,(H,40,42). The molecule has 0 amide bonds. The summed E-state index contributed by atoms with van der Waals surface area (Å²) >= 11 is 1.60. The Kier molecular flexibility index (Phi) is 8.52. The second kappa shape index (κ2) is 13.2. The molecule has 0 saturated heterocycles. The first-order valence-electron chi connectivity index (χ1n) is 15.7. The van der Waals surface area contributed by atoms with Crippen molar-refractivity contribution >= 4 is 34.9 Å². The molecule has 8 nitrogen and oxygen atoms in total. The van der Waals surface area contributed by atoms with Crippen molar-refractivity contribution in [2.75, 3.05) is 18.7 Å². The minimum Gasteiger partial charge on any atom is -0.465 e. The van der Waals surface area contributed by atoms with Crippen molar-refractivity contribution in [3.63, 3.8) is 0 Å². The number of methoxy groups -OCH3 is 1. The Morgan fingerprint density at radius 2 is 1.50 bits per heavy atom. The fraction of sp³-hybridized carbons (Fsp3) is 0.128. The number of anilines is 2. The van der Waals surface area contributed by atoms with E-state index in [4.69, 9.17) is 14.8 Å². The Morgan fingerprint density at radius 3 is 2.06 bits per heavy atom. The SMILES string of the molecule is CCc1cc(Nc2nccn3c(-c4cn(C(c5ccccc5)(c5ccccc5)c5ccccc5)nc4SC)cnc23)ccc1C(=O)OC. The number of fused-ring (bicyclic) bond motifs is 1. The lowest BCUT2D eigenvalue weighted by molar-refractivity contribution is 0.0599. The van der Waals surface area contributed by atoms with E-state index in [1.807, 2.05) is 60.3 Å². The Morgan fingerprint density at radius 1 is 0.875 bits per heavy atom. The molecule has 0 unspecified atom stereocenters. The van der Waals surface area contributed by atoms with Gasteiger partial charge in [-0.05, 0) is 53.1 Å². The molecular formula is C39H34N6O2S. The number of ether oxygens (including phenoxy) is 1. The summed E-state index contributed by atoms with van der Waals surface area (Å²) in [4.78, 5) is 21.7. The predicted molar refractivity (Wildman–Crippen MR) is 191 cm³/mol. The van der Waals surface area contributed by atoms with Gasteiger partial charge in [0.15, 0.2) is 11.5 Å². The van der Waals surface area contributed by atoms with Crippen molar-refractivity contribution in [2.24, 2.45) is 0 Å². The first kappa shape index (κ1) is 31.0. The molecule has 0 aliphatic carbocycles. The van der Waals surface area contributed by atoms with Crippen molar-refractivity contribution in [3.05, 3.63) is 162 Å². The molecule has 7 aromatic rings. The average Bonchev–Trinajstić information content (AvgIpc) is 3.78. The normalized spacial score (nSPS) is 11.5. The van der Waals surface area contributed by atoms with Gasteiger partial charge in [0.1, 0.15) is 10.6 Å². The number of carbonyl (C=O) groups excluding carboxylic acids is 1. The third kappa shape index (κ3) is 5.32. The van der Waals surface area contributed by atoms with Gasteiger partial charge in [0.25, 0.3) is 0 Å². The van der Waals surface area contributed by atoms with E-state index < -0.39 is 5.54 Å². The number of hydrogen-bond acceptors (Lipinski definition) is 7. The highest BCUT2D eigenvalue weighted by Crippen LogP contribution is 2.43. The van der Waals surface area contributed by atoms with Gasteiger partial charge in [-0.2, -0.15) is 5.10 Å². The molecule has 7 rings (SSSR count). The molecule has 3 aromatic heterocycles. The molecule has 238 valence electrons. The third-order valence-electron chi connectivity index (χ3n) is 8.65. The number of aromatic nitrogens is 5. The molecule has 0 atom stereocenters. The summed E-state index contributed by atoms with van der Waals surface area (Å²) in [7, 11) is 1.39. The van der Waals surface area contributed by atoms with Crippen LogP contribution in [0.5, 0.6) is 0 Å². The van der Waals surface area contributed by atoms with E-state index in [1.54, 1.807) is 24.0 Å². The van der Waals surface area contributed by atoms with E-state index in [0.717, 1.165) is 44.2 Å². The van der Waals surface area contributed by atoms with Crippen LogP contribution in [0.2, 0.25) is 0 Å². The van der Waals surface area contributed by atoms with Gasteiger partial charge >= 0.3 is 5.97 Å². The summed E-state index contributed by atoms with van der Waals surface area (Å²) in [5.74, 6) is 0.249. The number of nitrogens with zero attached hydrogens (tertiary/aromatic N) is 5. The van der Waals surface area contributed by atoms with E-state index in [-0.39, 0.29) is 5.97 Å². The van der Waals surface area contributed by atoms with Gasteiger partial charge < -0.3 is 10.1 Å². The lowest BCUT2D eigenvalue weighted by Gasteiger charge is -2.36. The Balaban J connectivity index is 1.37. The highest BCUT2D eigenvalue weighted by atomic mass is 32.2. The number of hydrogen-bond donors (Lipinski definition) is 1. The maximum Gasteiger partial charge on any atom is 0.338 e. The highest BCUT2D eigenvalue weighted by molar-refractivity contribution is 7.98. The van der Waals surface area contributed by atoms with Gasteiger partial charge in [0.05, 0.1) is 30.1 Å². The van der Waals surface area contributed by atoms with Crippen LogP contribution in [0.1, 0.15) is 39.5 Å². The molecule has 9 heteroatoms. The molecule has 1 N–H and O–H groups in total. The van der Waals surface area contributed by atoms with Gasteiger partial charge in [-0.3, -0.25) is 9.08 Å². The van der Waals surface area contributed by atoms with Crippen molar-refractivity contribution in [1.82, 2.24) is 24.1 Å².